The van der Waals surface area contributed by atoms with Gasteiger partial charge in [0.25, 0.3) is 5.56 Å². The number of ether oxygens (including phenoxy) is 1. The van der Waals surface area contributed by atoms with Crippen LogP contribution in [0.3, 0.4) is 0 Å². The predicted octanol–water partition coefficient (Wildman–Crippen LogP) is 2.34. The highest BCUT2D eigenvalue weighted by Crippen LogP contribution is 2.21. The van der Waals surface area contributed by atoms with Gasteiger partial charge in [0.2, 0.25) is 0 Å². The van der Waals surface area contributed by atoms with Crippen molar-refractivity contribution in [2.24, 2.45) is 0 Å². The smallest absolute Gasteiger partial charge is 0.333 e. The number of nitrogens with one attached hydrogen (secondary N) is 1. The second kappa shape index (κ2) is 5.10. The third-order valence-electron chi connectivity index (χ3n) is 3.21. The third-order valence-corrected chi connectivity index (χ3v) is 3.52. The normalized spacial score (nSPS) is 10.8. The van der Waals surface area contributed by atoms with Crippen molar-refractivity contribution in [3.8, 4) is 11.4 Å². The van der Waals surface area contributed by atoms with E-state index in [1.165, 1.54) is 7.11 Å². The van der Waals surface area contributed by atoms with Crippen molar-refractivity contribution in [2.75, 3.05) is 7.11 Å². The molecule has 1 heterocycles. The van der Waals surface area contributed by atoms with Crippen LogP contribution in [0.1, 0.15) is 0 Å². The van der Waals surface area contributed by atoms with E-state index in [4.69, 9.17) is 16.3 Å². The molecule has 0 aliphatic carbocycles. The summed E-state index contributed by atoms with van der Waals surface area (Å²) in [6.07, 6.45) is 0. The fourth-order valence-electron chi connectivity index (χ4n) is 2.24. The van der Waals surface area contributed by atoms with Gasteiger partial charge in [-0.1, -0.05) is 29.8 Å². The van der Waals surface area contributed by atoms with Crippen molar-refractivity contribution in [2.45, 2.75) is 0 Å². The van der Waals surface area contributed by atoms with Gasteiger partial charge in [0.1, 0.15) is 5.75 Å². The number of hydrogen-bond donors (Lipinski definition) is 1. The first-order chi connectivity index (χ1) is 10.1. The van der Waals surface area contributed by atoms with E-state index >= 15 is 0 Å². The zero-order chi connectivity index (χ0) is 15.0. The van der Waals surface area contributed by atoms with Gasteiger partial charge in [-0.3, -0.25) is 4.79 Å². The molecule has 5 nitrogen and oxygen atoms in total. The number of hydrogen-bond acceptors (Lipinski definition) is 3. The molecule has 0 atom stereocenters. The van der Waals surface area contributed by atoms with Crippen molar-refractivity contribution in [3.05, 3.63) is 68.3 Å². The maximum atomic E-state index is 12.6. The van der Waals surface area contributed by atoms with Crippen LogP contribution in [0.2, 0.25) is 5.02 Å². The zero-order valence-electron chi connectivity index (χ0n) is 11.1. The summed E-state index contributed by atoms with van der Waals surface area (Å²) in [5, 5.41) is 0.668. The van der Waals surface area contributed by atoms with Crippen molar-refractivity contribution >= 4 is 22.5 Å². The van der Waals surface area contributed by atoms with Crippen molar-refractivity contribution in [1.29, 1.82) is 0 Å². The molecule has 3 rings (SSSR count). The molecular weight excluding hydrogens is 292 g/mol. The van der Waals surface area contributed by atoms with Crippen LogP contribution in [-0.2, 0) is 0 Å². The Kier molecular flexibility index (Phi) is 3.27. The number of methoxy groups -OCH3 is 1. The van der Waals surface area contributed by atoms with E-state index in [2.05, 4.69) is 4.98 Å². The van der Waals surface area contributed by atoms with E-state index in [0.717, 1.165) is 4.57 Å². The highest BCUT2D eigenvalue weighted by atomic mass is 35.5. The van der Waals surface area contributed by atoms with Gasteiger partial charge in [0.05, 0.1) is 28.7 Å². The second-order valence-corrected chi connectivity index (χ2v) is 4.81. The van der Waals surface area contributed by atoms with Crippen molar-refractivity contribution in [1.82, 2.24) is 9.55 Å². The zero-order valence-corrected chi connectivity index (χ0v) is 11.8. The summed E-state index contributed by atoms with van der Waals surface area (Å²) in [5.74, 6) is 0.437. The average Bonchev–Trinajstić information content (AvgIpc) is 2.49. The molecule has 0 saturated carbocycles. The predicted molar refractivity (Wildman–Crippen MR) is 81.7 cm³/mol. The van der Waals surface area contributed by atoms with Crippen molar-refractivity contribution in [3.63, 3.8) is 0 Å². The Hall–Kier alpha value is -2.53. The van der Waals surface area contributed by atoms with Gasteiger partial charge in [0.15, 0.2) is 0 Å². The topological polar surface area (TPSA) is 64.1 Å². The van der Waals surface area contributed by atoms with E-state index in [1.54, 1.807) is 42.5 Å². The first kappa shape index (κ1) is 13.5. The molecule has 0 saturated heterocycles. The van der Waals surface area contributed by atoms with Gasteiger partial charge >= 0.3 is 5.69 Å². The molecule has 1 aromatic heterocycles. The Balaban J connectivity index is 2.45. The summed E-state index contributed by atoms with van der Waals surface area (Å²) < 4.78 is 6.25. The fourth-order valence-corrected chi connectivity index (χ4v) is 2.46. The minimum Gasteiger partial charge on any atom is -0.495 e. The van der Waals surface area contributed by atoms with Crippen LogP contribution in [-0.4, -0.2) is 16.7 Å². The van der Waals surface area contributed by atoms with E-state index < -0.39 is 11.2 Å². The number of fused-ring (bicyclic) bond motifs is 1. The monoisotopic (exact) mass is 302 g/mol. The van der Waals surface area contributed by atoms with Crippen LogP contribution in [0, 0.1) is 0 Å². The van der Waals surface area contributed by atoms with Gasteiger partial charge < -0.3 is 9.72 Å². The lowest BCUT2D eigenvalue weighted by molar-refractivity contribution is 0.412. The van der Waals surface area contributed by atoms with Crippen LogP contribution in [0.15, 0.2) is 52.1 Å². The lowest BCUT2D eigenvalue weighted by Gasteiger charge is -2.10. The number of halogens is 1. The first-order valence-electron chi connectivity index (χ1n) is 6.20. The molecule has 0 radical (unpaired) electrons. The summed E-state index contributed by atoms with van der Waals surface area (Å²) in [4.78, 5) is 27.5. The largest absolute Gasteiger partial charge is 0.495 e. The molecule has 0 amide bonds. The number of para-hydroxylation sites is 3. The minimum absolute atomic E-state index is 0.328. The van der Waals surface area contributed by atoms with Crippen LogP contribution in [0.5, 0.6) is 5.75 Å². The van der Waals surface area contributed by atoms with Crippen molar-refractivity contribution < 1.29 is 4.74 Å². The molecule has 21 heavy (non-hydrogen) atoms. The quantitative estimate of drug-likeness (QED) is 0.790. The minimum atomic E-state index is -0.565. The summed E-state index contributed by atoms with van der Waals surface area (Å²) in [6, 6.07) is 11.7. The summed E-state index contributed by atoms with van der Waals surface area (Å²) in [5.41, 5.74) is -0.292. The Morgan fingerprint density at radius 1 is 1.10 bits per heavy atom. The lowest BCUT2D eigenvalue weighted by atomic mass is 10.2. The molecular formula is C15H11ClN2O3. The molecule has 0 aliphatic heterocycles. The molecule has 0 aliphatic rings. The third kappa shape index (κ3) is 2.11. The highest BCUT2D eigenvalue weighted by molar-refractivity contribution is 6.34. The maximum absolute atomic E-state index is 12.6. The summed E-state index contributed by atoms with van der Waals surface area (Å²) >= 11 is 6.01. The van der Waals surface area contributed by atoms with E-state index in [-0.39, 0.29) is 0 Å². The Morgan fingerprint density at radius 3 is 2.62 bits per heavy atom. The van der Waals surface area contributed by atoms with E-state index in [9.17, 15) is 9.59 Å². The number of H-pyrrole nitrogens is 1. The Bertz CT molecular complexity index is 944. The number of rotatable bonds is 2. The van der Waals surface area contributed by atoms with Gasteiger partial charge in [-0.25, -0.2) is 9.36 Å². The van der Waals surface area contributed by atoms with Gasteiger partial charge in [-0.05, 0) is 24.3 Å². The van der Waals surface area contributed by atoms with E-state index in [0.29, 0.717) is 27.4 Å². The standard InChI is InChI=1S/C15H11ClN2O3/c1-21-12-8-3-2-7-11(12)18-14(19)9-5-4-6-10(16)13(9)17-15(18)20/h2-8H,1H3,(H,17,20). The van der Waals surface area contributed by atoms with Crippen LogP contribution in [0.25, 0.3) is 16.6 Å². The Labute approximate surface area is 124 Å². The maximum Gasteiger partial charge on any atom is 0.333 e. The molecule has 3 aromatic rings. The number of aromatic nitrogens is 2. The summed E-state index contributed by atoms with van der Waals surface area (Å²) in [6.45, 7) is 0. The number of benzene rings is 2. The van der Waals surface area contributed by atoms with Crippen LogP contribution in [0.4, 0.5) is 0 Å². The molecule has 6 heteroatoms. The second-order valence-electron chi connectivity index (χ2n) is 4.40. The van der Waals surface area contributed by atoms with Gasteiger partial charge in [-0.2, -0.15) is 0 Å². The van der Waals surface area contributed by atoms with Crippen LogP contribution >= 0.6 is 11.6 Å². The SMILES string of the molecule is COc1ccccc1-n1c(=O)[nH]c2c(Cl)cccc2c1=O. The van der Waals surface area contributed by atoms with Gasteiger partial charge in [-0.15, -0.1) is 0 Å². The number of aromatic amines is 1. The molecule has 0 spiro atoms. The number of nitrogens with zero attached hydrogens (tertiary/aromatic N) is 1. The molecule has 0 fully saturated rings. The summed E-state index contributed by atoms with van der Waals surface area (Å²) in [7, 11) is 1.48. The van der Waals surface area contributed by atoms with E-state index in [1.807, 2.05) is 0 Å². The molecule has 1 N–H and O–H groups in total. The molecule has 106 valence electrons. The van der Waals surface area contributed by atoms with Crippen LogP contribution < -0.4 is 16.0 Å². The Morgan fingerprint density at radius 2 is 1.86 bits per heavy atom. The fraction of sp³-hybridized carbons (Fsp3) is 0.0667. The lowest BCUT2D eigenvalue weighted by Crippen LogP contribution is -2.33. The van der Waals surface area contributed by atoms with Gasteiger partial charge in [0, 0.05) is 0 Å². The molecule has 2 aromatic carbocycles. The molecule has 0 bridgehead atoms. The first-order valence-corrected chi connectivity index (χ1v) is 6.58. The average molecular weight is 303 g/mol. The highest BCUT2D eigenvalue weighted by Gasteiger charge is 2.14. The molecule has 0 unspecified atom stereocenters.